The third-order valence-electron chi connectivity index (χ3n) is 2.46. The molecule has 4 nitrogen and oxygen atoms in total. The molecule has 0 rings (SSSR count). The molecule has 0 bridgehead atoms. The van der Waals surface area contributed by atoms with Crippen LogP contribution in [-0.4, -0.2) is 30.2 Å². The van der Waals surface area contributed by atoms with Crippen LogP contribution in [0.15, 0.2) is 11.6 Å². The van der Waals surface area contributed by atoms with Gasteiger partial charge in [0.2, 0.25) is 0 Å². The van der Waals surface area contributed by atoms with Gasteiger partial charge in [0, 0.05) is 11.6 Å². The minimum atomic E-state index is -1.75. The zero-order chi connectivity index (χ0) is 13.1. The van der Waals surface area contributed by atoms with E-state index in [1.807, 2.05) is 13.8 Å². The summed E-state index contributed by atoms with van der Waals surface area (Å²) >= 11 is 0. The molecule has 0 saturated heterocycles. The Balaban J connectivity index is 5.47. The molecule has 0 aliphatic carbocycles. The molecule has 0 heterocycles. The molecule has 0 saturated carbocycles. The molecular formula is C11H20O4Si. The maximum absolute atomic E-state index is 11.1. The standard InChI is InChI=1S/C11H20O4Si/c1-7(2)10(16(3,4)5)8(11(14)15)6-9(12)13/h6-7,10H,1-5H3,(H,12,13)(H,14,15)/b8-6+. The molecule has 0 spiro atoms. The van der Waals surface area contributed by atoms with Crippen molar-refractivity contribution in [2.75, 3.05) is 0 Å². The Morgan fingerprint density at radius 3 is 1.75 bits per heavy atom. The Morgan fingerprint density at radius 1 is 1.12 bits per heavy atom. The van der Waals surface area contributed by atoms with Gasteiger partial charge in [0.15, 0.2) is 0 Å². The van der Waals surface area contributed by atoms with Crippen molar-refractivity contribution in [3.05, 3.63) is 11.6 Å². The lowest BCUT2D eigenvalue weighted by Gasteiger charge is -2.32. The number of carboxylic acid groups (broad SMARTS) is 2. The predicted molar refractivity (Wildman–Crippen MR) is 65.3 cm³/mol. The molecule has 0 aliphatic heterocycles. The van der Waals surface area contributed by atoms with Gasteiger partial charge in [-0.2, -0.15) is 0 Å². The largest absolute Gasteiger partial charge is 0.478 e. The number of rotatable bonds is 5. The summed E-state index contributed by atoms with van der Waals surface area (Å²) in [5.41, 5.74) is -0.122. The summed E-state index contributed by atoms with van der Waals surface area (Å²) in [6.07, 6.45) is 0.839. The van der Waals surface area contributed by atoms with Crippen LogP contribution in [-0.2, 0) is 9.59 Å². The second kappa shape index (κ2) is 5.29. The van der Waals surface area contributed by atoms with Crippen LogP contribution in [0.4, 0.5) is 0 Å². The van der Waals surface area contributed by atoms with Crippen LogP contribution in [0.25, 0.3) is 0 Å². The fraction of sp³-hybridized carbons (Fsp3) is 0.636. The van der Waals surface area contributed by atoms with E-state index in [1.165, 1.54) is 0 Å². The first kappa shape index (κ1) is 14.9. The monoisotopic (exact) mass is 244 g/mol. The van der Waals surface area contributed by atoms with Crippen molar-refractivity contribution < 1.29 is 19.8 Å². The SMILES string of the molecule is CC(C)C(/C(=C\C(=O)O)C(=O)O)[Si](C)(C)C. The molecule has 0 aromatic rings. The van der Waals surface area contributed by atoms with Gasteiger partial charge in [0.25, 0.3) is 0 Å². The third kappa shape index (κ3) is 4.18. The van der Waals surface area contributed by atoms with Crippen molar-refractivity contribution in [1.82, 2.24) is 0 Å². The van der Waals surface area contributed by atoms with Gasteiger partial charge in [-0.25, -0.2) is 9.59 Å². The maximum atomic E-state index is 11.1. The lowest BCUT2D eigenvalue weighted by molar-refractivity contribution is -0.135. The maximum Gasteiger partial charge on any atom is 0.331 e. The first-order valence-corrected chi connectivity index (χ1v) is 8.83. The summed E-state index contributed by atoms with van der Waals surface area (Å²) in [7, 11) is -1.75. The lowest BCUT2D eigenvalue weighted by atomic mass is 10.0. The first-order chi connectivity index (χ1) is 7.07. The molecule has 0 aliphatic rings. The molecule has 16 heavy (non-hydrogen) atoms. The second-order valence-electron chi connectivity index (χ2n) is 5.33. The highest BCUT2D eigenvalue weighted by Crippen LogP contribution is 2.36. The fourth-order valence-electron chi connectivity index (χ4n) is 2.24. The van der Waals surface area contributed by atoms with E-state index >= 15 is 0 Å². The smallest absolute Gasteiger partial charge is 0.331 e. The van der Waals surface area contributed by atoms with E-state index in [1.54, 1.807) is 0 Å². The van der Waals surface area contributed by atoms with E-state index in [0.717, 1.165) is 6.08 Å². The molecular weight excluding hydrogens is 224 g/mol. The van der Waals surface area contributed by atoms with Gasteiger partial charge in [0.05, 0.1) is 8.07 Å². The van der Waals surface area contributed by atoms with E-state index in [2.05, 4.69) is 19.6 Å². The summed E-state index contributed by atoms with van der Waals surface area (Å²) in [6, 6.07) is 0. The Morgan fingerprint density at radius 2 is 1.56 bits per heavy atom. The molecule has 92 valence electrons. The van der Waals surface area contributed by atoms with Crippen LogP contribution in [0.1, 0.15) is 13.8 Å². The highest BCUT2D eigenvalue weighted by Gasteiger charge is 2.35. The molecule has 1 atom stereocenters. The number of aliphatic carboxylic acids is 2. The normalized spacial score (nSPS) is 15.0. The van der Waals surface area contributed by atoms with Crippen LogP contribution in [0, 0.1) is 5.92 Å². The van der Waals surface area contributed by atoms with E-state index in [4.69, 9.17) is 10.2 Å². The van der Waals surface area contributed by atoms with Crippen molar-refractivity contribution in [2.24, 2.45) is 5.92 Å². The number of carbonyl (C=O) groups is 2. The van der Waals surface area contributed by atoms with Crippen LogP contribution >= 0.6 is 0 Å². The highest BCUT2D eigenvalue weighted by atomic mass is 28.3. The van der Waals surface area contributed by atoms with Crippen molar-refractivity contribution in [1.29, 1.82) is 0 Å². The molecule has 0 aromatic heterocycles. The van der Waals surface area contributed by atoms with Crippen LogP contribution in [0.3, 0.4) is 0 Å². The second-order valence-corrected chi connectivity index (χ2v) is 10.7. The van der Waals surface area contributed by atoms with E-state index in [-0.39, 0.29) is 17.0 Å². The Kier molecular flexibility index (Phi) is 4.93. The molecule has 0 fully saturated rings. The highest BCUT2D eigenvalue weighted by molar-refractivity contribution is 6.78. The summed E-state index contributed by atoms with van der Waals surface area (Å²) < 4.78 is 0. The molecule has 0 aromatic carbocycles. The van der Waals surface area contributed by atoms with Crippen LogP contribution in [0.2, 0.25) is 25.2 Å². The Labute approximate surface area is 97.0 Å². The zero-order valence-corrected chi connectivity index (χ0v) is 11.4. The lowest BCUT2D eigenvalue weighted by Crippen LogP contribution is -2.35. The number of carboxylic acids is 2. The van der Waals surface area contributed by atoms with Gasteiger partial charge in [-0.1, -0.05) is 33.5 Å². The Bertz CT molecular complexity index is 312. The van der Waals surface area contributed by atoms with E-state index < -0.39 is 20.0 Å². The molecule has 1 unspecified atom stereocenters. The average Bonchev–Trinajstić information content (AvgIpc) is 1.97. The molecule has 5 heteroatoms. The summed E-state index contributed by atoms with van der Waals surface area (Å²) in [4.78, 5) is 21.8. The van der Waals surface area contributed by atoms with Gasteiger partial charge < -0.3 is 10.2 Å². The average molecular weight is 244 g/mol. The number of hydrogen-bond acceptors (Lipinski definition) is 2. The van der Waals surface area contributed by atoms with Crippen molar-refractivity contribution >= 4 is 20.0 Å². The third-order valence-corrected chi connectivity index (χ3v) is 5.30. The molecule has 0 amide bonds. The molecule has 2 N–H and O–H groups in total. The van der Waals surface area contributed by atoms with Crippen LogP contribution in [0.5, 0.6) is 0 Å². The predicted octanol–water partition coefficient (Wildman–Crippen LogP) is 2.45. The van der Waals surface area contributed by atoms with E-state index in [0.29, 0.717) is 0 Å². The van der Waals surface area contributed by atoms with Gasteiger partial charge >= 0.3 is 11.9 Å². The van der Waals surface area contributed by atoms with Gasteiger partial charge in [-0.05, 0) is 11.5 Å². The minimum absolute atomic E-state index is 0.0293. The molecule has 0 radical (unpaired) electrons. The first-order valence-electron chi connectivity index (χ1n) is 5.25. The summed E-state index contributed by atoms with van der Waals surface area (Å²) in [5, 5.41) is 17.8. The van der Waals surface area contributed by atoms with Gasteiger partial charge in [0.1, 0.15) is 0 Å². The number of hydrogen-bond donors (Lipinski definition) is 2. The topological polar surface area (TPSA) is 74.6 Å². The van der Waals surface area contributed by atoms with Gasteiger partial charge in [-0.3, -0.25) is 0 Å². The summed E-state index contributed by atoms with van der Waals surface area (Å²) in [5.74, 6) is -2.18. The van der Waals surface area contributed by atoms with E-state index in [9.17, 15) is 9.59 Å². The Hall–Kier alpha value is -1.10. The zero-order valence-electron chi connectivity index (χ0n) is 10.4. The quantitative estimate of drug-likeness (QED) is 0.575. The summed E-state index contributed by atoms with van der Waals surface area (Å²) in [6.45, 7) is 10.0. The van der Waals surface area contributed by atoms with Crippen molar-refractivity contribution in [2.45, 2.75) is 39.0 Å². The van der Waals surface area contributed by atoms with Gasteiger partial charge in [-0.15, -0.1) is 0 Å². The van der Waals surface area contributed by atoms with Crippen molar-refractivity contribution in [3.63, 3.8) is 0 Å². The van der Waals surface area contributed by atoms with Crippen molar-refractivity contribution in [3.8, 4) is 0 Å². The minimum Gasteiger partial charge on any atom is -0.478 e. The fourth-order valence-corrected chi connectivity index (χ4v) is 5.38. The van der Waals surface area contributed by atoms with Crippen LogP contribution < -0.4 is 0 Å².